The van der Waals surface area contributed by atoms with E-state index < -0.39 is 5.97 Å². The van der Waals surface area contributed by atoms with Gasteiger partial charge in [-0.1, -0.05) is 31.4 Å². The Hall–Kier alpha value is -2.48. The smallest absolute Gasteiger partial charge is 0.335 e. The van der Waals surface area contributed by atoms with Gasteiger partial charge in [0, 0.05) is 0 Å². The van der Waals surface area contributed by atoms with Crippen LogP contribution in [0.5, 0.6) is 0 Å². The van der Waals surface area contributed by atoms with E-state index >= 15 is 0 Å². The van der Waals surface area contributed by atoms with E-state index in [1.807, 2.05) is 4.68 Å². The molecule has 3 N–H and O–H groups in total. The summed E-state index contributed by atoms with van der Waals surface area (Å²) in [7, 11) is 0. The van der Waals surface area contributed by atoms with Crippen molar-refractivity contribution in [3.05, 3.63) is 51.3 Å². The van der Waals surface area contributed by atoms with E-state index in [-0.39, 0.29) is 34.1 Å². The molecule has 2 aromatic rings. The topological polar surface area (TPSA) is 104 Å². The van der Waals surface area contributed by atoms with Gasteiger partial charge in [0.25, 0.3) is 5.56 Å². The standard InChI is InChI=1S/C19H21N3O4S/c23-14-10-27-16(11-6-8-12(9-7-11)19(25)26)15-17(20-14)22(21-18(15)24)13-4-2-1-3-5-13/h6-9,13,16H,1-5,10H2,(H,20,23)(H,21,24)(H,25,26)/t16-/m1/s1. The second kappa shape index (κ2) is 7.26. The number of benzene rings is 1. The number of anilines is 1. The van der Waals surface area contributed by atoms with Crippen LogP contribution in [-0.4, -0.2) is 32.5 Å². The first-order chi connectivity index (χ1) is 13.0. The third-order valence-corrected chi connectivity index (χ3v) is 6.53. The molecule has 2 heterocycles. The summed E-state index contributed by atoms with van der Waals surface area (Å²) in [5.41, 5.74) is 1.35. The number of aromatic nitrogens is 2. The Bertz CT molecular complexity index is 925. The van der Waals surface area contributed by atoms with Gasteiger partial charge in [-0.2, -0.15) is 0 Å². The third kappa shape index (κ3) is 3.41. The molecule has 0 radical (unpaired) electrons. The largest absolute Gasteiger partial charge is 0.478 e. The molecule has 27 heavy (non-hydrogen) atoms. The number of fused-ring (bicyclic) bond motifs is 1. The van der Waals surface area contributed by atoms with Crippen LogP contribution in [0.2, 0.25) is 0 Å². The van der Waals surface area contributed by atoms with Crippen molar-refractivity contribution >= 4 is 29.5 Å². The number of hydrogen-bond donors (Lipinski definition) is 3. The van der Waals surface area contributed by atoms with Crippen LogP contribution in [0.4, 0.5) is 5.82 Å². The number of thioether (sulfide) groups is 1. The van der Waals surface area contributed by atoms with Crippen LogP contribution in [-0.2, 0) is 4.79 Å². The van der Waals surface area contributed by atoms with E-state index in [4.69, 9.17) is 5.11 Å². The Morgan fingerprint density at radius 2 is 1.81 bits per heavy atom. The normalized spacial score (nSPS) is 20.6. The van der Waals surface area contributed by atoms with Crippen molar-refractivity contribution in [3.63, 3.8) is 0 Å². The molecule has 0 spiro atoms. The van der Waals surface area contributed by atoms with Crippen LogP contribution in [0.25, 0.3) is 0 Å². The molecular weight excluding hydrogens is 366 g/mol. The first kappa shape index (κ1) is 17.9. The minimum atomic E-state index is -0.992. The van der Waals surface area contributed by atoms with E-state index in [0.29, 0.717) is 11.4 Å². The molecule has 0 bridgehead atoms. The molecule has 0 saturated heterocycles. The monoisotopic (exact) mass is 387 g/mol. The number of amides is 1. The summed E-state index contributed by atoms with van der Waals surface area (Å²) in [6.07, 6.45) is 5.39. The second-order valence-corrected chi connectivity index (χ2v) is 8.12. The molecule has 1 aliphatic carbocycles. The van der Waals surface area contributed by atoms with Crippen molar-refractivity contribution in [3.8, 4) is 0 Å². The van der Waals surface area contributed by atoms with Gasteiger partial charge in [0.15, 0.2) is 0 Å². The van der Waals surface area contributed by atoms with Gasteiger partial charge in [-0.3, -0.25) is 19.4 Å². The summed E-state index contributed by atoms with van der Waals surface area (Å²) >= 11 is 1.38. The van der Waals surface area contributed by atoms with Crippen LogP contribution in [0.3, 0.4) is 0 Å². The van der Waals surface area contributed by atoms with Gasteiger partial charge >= 0.3 is 5.97 Å². The molecule has 0 unspecified atom stereocenters. The van der Waals surface area contributed by atoms with Gasteiger partial charge in [-0.25, -0.2) is 4.79 Å². The number of carbonyl (C=O) groups is 2. The molecule has 8 heteroatoms. The number of nitrogens with zero attached hydrogens (tertiary/aromatic N) is 1. The molecule has 1 atom stereocenters. The van der Waals surface area contributed by atoms with Gasteiger partial charge < -0.3 is 10.4 Å². The molecule has 2 aliphatic rings. The maximum atomic E-state index is 12.8. The Kier molecular flexibility index (Phi) is 4.82. The SMILES string of the molecule is O=C1CS[C@H](c2ccc(C(=O)O)cc2)c2c(n(C3CCCCC3)[nH]c2=O)N1. The Morgan fingerprint density at radius 3 is 2.48 bits per heavy atom. The molecule has 1 fully saturated rings. The average molecular weight is 387 g/mol. The van der Waals surface area contributed by atoms with Crippen molar-refractivity contribution in [2.45, 2.75) is 43.4 Å². The van der Waals surface area contributed by atoms with Crippen LogP contribution >= 0.6 is 11.8 Å². The zero-order valence-electron chi connectivity index (χ0n) is 14.7. The van der Waals surface area contributed by atoms with Crippen LogP contribution < -0.4 is 10.9 Å². The number of H-pyrrole nitrogens is 1. The summed E-state index contributed by atoms with van der Waals surface area (Å²) < 4.78 is 1.85. The lowest BCUT2D eigenvalue weighted by molar-refractivity contribution is -0.113. The predicted molar refractivity (Wildman–Crippen MR) is 104 cm³/mol. The highest BCUT2D eigenvalue weighted by Gasteiger charge is 2.32. The summed E-state index contributed by atoms with van der Waals surface area (Å²) in [5.74, 6) is -0.318. The predicted octanol–water partition coefficient (Wildman–Crippen LogP) is 3.15. The minimum absolute atomic E-state index is 0.130. The van der Waals surface area contributed by atoms with E-state index in [2.05, 4.69) is 10.4 Å². The maximum absolute atomic E-state index is 12.8. The lowest BCUT2D eigenvalue weighted by atomic mass is 9.95. The van der Waals surface area contributed by atoms with Crippen LogP contribution in [0.1, 0.15) is 64.9 Å². The summed E-state index contributed by atoms with van der Waals surface area (Å²) in [4.78, 5) is 36.2. The van der Waals surface area contributed by atoms with Crippen LogP contribution in [0.15, 0.2) is 29.1 Å². The quantitative estimate of drug-likeness (QED) is 0.750. The van der Waals surface area contributed by atoms with Crippen molar-refractivity contribution in [1.29, 1.82) is 0 Å². The molecule has 1 aliphatic heterocycles. The minimum Gasteiger partial charge on any atom is -0.478 e. The molecule has 1 aromatic carbocycles. The molecule has 1 aromatic heterocycles. The van der Waals surface area contributed by atoms with Crippen molar-refractivity contribution in [2.75, 3.05) is 11.1 Å². The zero-order chi connectivity index (χ0) is 19.0. The number of aromatic amines is 1. The molecular formula is C19H21N3O4S. The highest BCUT2D eigenvalue weighted by Crippen LogP contribution is 2.41. The molecule has 142 valence electrons. The van der Waals surface area contributed by atoms with Crippen molar-refractivity contribution in [2.24, 2.45) is 0 Å². The zero-order valence-corrected chi connectivity index (χ0v) is 15.6. The number of carboxylic acid groups (broad SMARTS) is 1. The number of carbonyl (C=O) groups excluding carboxylic acids is 1. The lowest BCUT2D eigenvalue weighted by Crippen LogP contribution is -2.21. The average Bonchev–Trinajstić information content (AvgIpc) is 2.88. The second-order valence-electron chi connectivity index (χ2n) is 7.03. The highest BCUT2D eigenvalue weighted by molar-refractivity contribution is 8.00. The maximum Gasteiger partial charge on any atom is 0.335 e. The fourth-order valence-electron chi connectivity index (χ4n) is 3.92. The Balaban J connectivity index is 1.77. The highest BCUT2D eigenvalue weighted by atomic mass is 32.2. The number of carboxylic acids is 1. The van der Waals surface area contributed by atoms with E-state index in [9.17, 15) is 14.4 Å². The molecule has 4 rings (SSSR count). The van der Waals surface area contributed by atoms with Crippen molar-refractivity contribution < 1.29 is 14.7 Å². The lowest BCUT2D eigenvalue weighted by Gasteiger charge is -2.24. The summed E-state index contributed by atoms with van der Waals surface area (Å²) in [5, 5.41) is 14.6. The van der Waals surface area contributed by atoms with Crippen molar-refractivity contribution in [1.82, 2.24) is 9.78 Å². The number of rotatable bonds is 3. The van der Waals surface area contributed by atoms with Gasteiger partial charge in [0.2, 0.25) is 5.91 Å². The summed E-state index contributed by atoms with van der Waals surface area (Å²) in [6.45, 7) is 0. The van der Waals surface area contributed by atoms with Gasteiger partial charge in [-0.05, 0) is 30.5 Å². The van der Waals surface area contributed by atoms with E-state index in [1.54, 1.807) is 12.1 Å². The molecule has 1 saturated carbocycles. The first-order valence-electron chi connectivity index (χ1n) is 9.13. The number of aromatic carboxylic acids is 1. The fraction of sp³-hybridized carbons (Fsp3) is 0.421. The first-order valence-corrected chi connectivity index (χ1v) is 10.2. The number of nitrogens with one attached hydrogen (secondary N) is 2. The summed E-state index contributed by atoms with van der Waals surface area (Å²) in [6, 6.07) is 6.69. The Labute approximate surface area is 160 Å². The van der Waals surface area contributed by atoms with E-state index in [0.717, 1.165) is 31.2 Å². The van der Waals surface area contributed by atoms with Crippen LogP contribution in [0, 0.1) is 0 Å². The number of hydrogen-bond acceptors (Lipinski definition) is 4. The molecule has 1 amide bonds. The van der Waals surface area contributed by atoms with Gasteiger partial charge in [0.05, 0.1) is 28.2 Å². The third-order valence-electron chi connectivity index (χ3n) is 5.26. The van der Waals surface area contributed by atoms with E-state index in [1.165, 1.54) is 30.3 Å². The molecule has 7 nitrogen and oxygen atoms in total. The fourth-order valence-corrected chi connectivity index (χ4v) is 5.05. The Morgan fingerprint density at radius 1 is 1.11 bits per heavy atom. The van der Waals surface area contributed by atoms with Gasteiger partial charge in [-0.15, -0.1) is 11.8 Å². The van der Waals surface area contributed by atoms with Gasteiger partial charge in [0.1, 0.15) is 5.82 Å².